The predicted molar refractivity (Wildman–Crippen MR) is 88.6 cm³/mol. The number of Topliss-reactive ketones (excluding diaryl/α,β-unsaturated/α-hetero) is 1. The van der Waals surface area contributed by atoms with Crippen molar-refractivity contribution in [1.82, 2.24) is 4.98 Å². The molecule has 1 aliphatic heterocycles. The number of aromatic nitrogens is 1. The van der Waals surface area contributed by atoms with Crippen molar-refractivity contribution in [2.45, 2.75) is 20.0 Å². The first kappa shape index (κ1) is 16.0. The highest BCUT2D eigenvalue weighted by Crippen LogP contribution is 2.30. The average molecular weight is 326 g/mol. The summed E-state index contributed by atoms with van der Waals surface area (Å²) in [6.07, 6.45) is 2.54. The highest BCUT2D eigenvalue weighted by molar-refractivity contribution is 5.98. The third-order valence-corrected chi connectivity index (χ3v) is 3.79. The van der Waals surface area contributed by atoms with E-state index >= 15 is 0 Å². The third kappa shape index (κ3) is 3.22. The van der Waals surface area contributed by atoms with Gasteiger partial charge in [0.15, 0.2) is 11.9 Å². The molecule has 0 unspecified atom stereocenters. The van der Waals surface area contributed by atoms with Crippen molar-refractivity contribution in [3.63, 3.8) is 0 Å². The summed E-state index contributed by atoms with van der Waals surface area (Å²) in [4.78, 5) is 29.9. The summed E-state index contributed by atoms with van der Waals surface area (Å²) < 4.78 is 11.3. The molecule has 1 aromatic carbocycles. The van der Waals surface area contributed by atoms with Gasteiger partial charge in [-0.25, -0.2) is 0 Å². The molecule has 0 fully saturated rings. The molecule has 0 spiro atoms. The van der Waals surface area contributed by atoms with Gasteiger partial charge in [0.25, 0.3) is 5.91 Å². The molecule has 2 aromatic rings. The Balaban J connectivity index is 1.76. The molecule has 3 rings (SSSR count). The lowest BCUT2D eigenvalue weighted by Crippen LogP contribution is -2.44. The normalized spacial score (nSPS) is 14.3. The van der Waals surface area contributed by atoms with Gasteiger partial charge in [-0.2, -0.15) is 0 Å². The second-order valence-corrected chi connectivity index (χ2v) is 5.53. The lowest BCUT2D eigenvalue weighted by atomic mass is 10.1. The summed E-state index contributed by atoms with van der Waals surface area (Å²) >= 11 is 0. The zero-order valence-electron chi connectivity index (χ0n) is 13.6. The molecule has 0 aliphatic carbocycles. The third-order valence-electron chi connectivity index (χ3n) is 3.79. The van der Waals surface area contributed by atoms with E-state index in [2.05, 4.69) is 4.98 Å². The van der Waals surface area contributed by atoms with Gasteiger partial charge in [0.1, 0.15) is 23.8 Å². The molecular weight excluding hydrogens is 308 g/mol. The number of hydrogen-bond donors (Lipinski definition) is 0. The smallest absolute Gasteiger partial charge is 0.268 e. The minimum Gasteiger partial charge on any atom is -0.489 e. The van der Waals surface area contributed by atoms with Gasteiger partial charge in [0.05, 0.1) is 12.7 Å². The molecule has 2 heterocycles. The van der Waals surface area contributed by atoms with Crippen LogP contribution in [0.4, 0.5) is 5.69 Å². The maximum absolute atomic E-state index is 12.7. The Morgan fingerprint density at radius 1 is 1.33 bits per heavy atom. The monoisotopic (exact) mass is 326 g/mol. The van der Waals surface area contributed by atoms with Gasteiger partial charge in [0, 0.05) is 17.8 Å². The summed E-state index contributed by atoms with van der Waals surface area (Å²) in [7, 11) is 0. The number of ketones is 1. The highest BCUT2D eigenvalue weighted by atomic mass is 16.5. The fourth-order valence-corrected chi connectivity index (χ4v) is 2.56. The van der Waals surface area contributed by atoms with Crippen LogP contribution in [0.25, 0.3) is 0 Å². The second-order valence-electron chi connectivity index (χ2n) is 5.53. The molecule has 0 N–H and O–H groups in total. The van der Waals surface area contributed by atoms with Crippen LogP contribution in [0, 0.1) is 0 Å². The molecule has 0 bridgehead atoms. The van der Waals surface area contributed by atoms with Crippen molar-refractivity contribution in [2.24, 2.45) is 0 Å². The fraction of sp³-hybridized carbons (Fsp3) is 0.278. The average Bonchev–Trinajstić information content (AvgIpc) is 2.60. The number of nitrogens with zero attached hydrogens (tertiary/aromatic N) is 2. The van der Waals surface area contributed by atoms with Gasteiger partial charge in [-0.3, -0.25) is 14.6 Å². The molecule has 6 nitrogen and oxygen atoms in total. The zero-order chi connectivity index (χ0) is 17.1. The summed E-state index contributed by atoms with van der Waals surface area (Å²) in [5, 5.41) is 0. The first-order chi connectivity index (χ1) is 11.6. The van der Waals surface area contributed by atoms with Crippen LogP contribution in [-0.4, -0.2) is 35.9 Å². The minimum absolute atomic E-state index is 0.0485. The second kappa shape index (κ2) is 6.70. The van der Waals surface area contributed by atoms with Crippen LogP contribution in [0.1, 0.15) is 24.2 Å². The molecule has 24 heavy (non-hydrogen) atoms. The lowest BCUT2D eigenvalue weighted by Gasteiger charge is -2.30. The lowest BCUT2D eigenvalue weighted by molar-refractivity contribution is -0.124. The van der Waals surface area contributed by atoms with Crippen LogP contribution >= 0.6 is 0 Å². The van der Waals surface area contributed by atoms with Gasteiger partial charge in [-0.1, -0.05) is 12.1 Å². The predicted octanol–water partition coefficient (Wildman–Crippen LogP) is 2.48. The Morgan fingerprint density at radius 3 is 2.96 bits per heavy atom. The Bertz CT molecular complexity index is 775. The van der Waals surface area contributed by atoms with Gasteiger partial charge in [-0.05, 0) is 26.0 Å². The number of amides is 1. The molecule has 6 heteroatoms. The quantitative estimate of drug-likeness (QED) is 0.807. The van der Waals surface area contributed by atoms with E-state index in [1.165, 1.54) is 6.92 Å². The van der Waals surface area contributed by atoms with E-state index in [9.17, 15) is 9.59 Å². The Morgan fingerprint density at radius 2 is 2.17 bits per heavy atom. The van der Waals surface area contributed by atoms with E-state index in [0.29, 0.717) is 35.9 Å². The molecule has 0 radical (unpaired) electrons. The van der Waals surface area contributed by atoms with Crippen molar-refractivity contribution in [3.05, 3.63) is 48.3 Å². The van der Waals surface area contributed by atoms with Crippen molar-refractivity contribution in [3.8, 4) is 11.5 Å². The molecule has 1 amide bonds. The van der Waals surface area contributed by atoms with Gasteiger partial charge >= 0.3 is 0 Å². The van der Waals surface area contributed by atoms with Crippen LogP contribution in [-0.2, 0) is 4.79 Å². The molecule has 1 atom stereocenters. The standard InChI is InChI=1S/C18H18N2O4/c1-12(21)14-4-3-5-15(10-14)24-13(2)18(22)20-8-9-23-17-6-7-19-11-16(17)20/h3-7,10-11,13H,8-9H2,1-2H3/t13-/m1/s1. The SMILES string of the molecule is CC(=O)c1cccc(O[C@H](C)C(=O)N2CCOc3ccncc32)c1. The Kier molecular flexibility index (Phi) is 4.46. The van der Waals surface area contributed by atoms with E-state index in [1.54, 1.807) is 54.5 Å². The number of ether oxygens (including phenoxy) is 2. The van der Waals surface area contributed by atoms with Crippen LogP contribution < -0.4 is 14.4 Å². The largest absolute Gasteiger partial charge is 0.489 e. The number of rotatable bonds is 4. The van der Waals surface area contributed by atoms with Crippen LogP contribution in [0.15, 0.2) is 42.7 Å². The summed E-state index contributed by atoms with van der Waals surface area (Å²) in [6.45, 7) is 4.05. The number of benzene rings is 1. The van der Waals surface area contributed by atoms with Crippen LogP contribution in [0.3, 0.4) is 0 Å². The first-order valence-electron chi connectivity index (χ1n) is 7.72. The van der Waals surface area contributed by atoms with E-state index in [-0.39, 0.29) is 11.7 Å². The fourth-order valence-electron chi connectivity index (χ4n) is 2.56. The minimum atomic E-state index is -0.696. The maximum atomic E-state index is 12.7. The topological polar surface area (TPSA) is 68.7 Å². The first-order valence-corrected chi connectivity index (χ1v) is 7.72. The number of fused-ring (bicyclic) bond motifs is 1. The van der Waals surface area contributed by atoms with Crippen molar-refractivity contribution in [1.29, 1.82) is 0 Å². The van der Waals surface area contributed by atoms with E-state index in [1.807, 2.05) is 0 Å². The molecule has 0 saturated heterocycles. The number of carbonyl (C=O) groups is 2. The van der Waals surface area contributed by atoms with Crippen LogP contribution in [0.5, 0.6) is 11.5 Å². The highest BCUT2D eigenvalue weighted by Gasteiger charge is 2.28. The molecule has 124 valence electrons. The van der Waals surface area contributed by atoms with E-state index < -0.39 is 6.10 Å². The maximum Gasteiger partial charge on any atom is 0.268 e. The molecule has 0 saturated carbocycles. The molecular formula is C18H18N2O4. The van der Waals surface area contributed by atoms with Crippen LogP contribution in [0.2, 0.25) is 0 Å². The summed E-state index contributed by atoms with van der Waals surface area (Å²) in [5.41, 5.74) is 1.19. The number of carbonyl (C=O) groups excluding carboxylic acids is 2. The van der Waals surface area contributed by atoms with E-state index in [0.717, 1.165) is 0 Å². The Labute approximate surface area is 140 Å². The van der Waals surface area contributed by atoms with Gasteiger partial charge in [-0.15, -0.1) is 0 Å². The van der Waals surface area contributed by atoms with Gasteiger partial charge < -0.3 is 14.4 Å². The van der Waals surface area contributed by atoms with Crippen molar-refractivity contribution in [2.75, 3.05) is 18.1 Å². The van der Waals surface area contributed by atoms with Gasteiger partial charge in [0.2, 0.25) is 0 Å². The summed E-state index contributed by atoms with van der Waals surface area (Å²) in [5.74, 6) is 0.895. The molecule has 1 aromatic heterocycles. The number of pyridine rings is 1. The Hall–Kier alpha value is -2.89. The summed E-state index contributed by atoms with van der Waals surface area (Å²) in [6, 6.07) is 8.55. The zero-order valence-corrected chi connectivity index (χ0v) is 13.6. The number of anilines is 1. The number of hydrogen-bond acceptors (Lipinski definition) is 5. The molecule has 1 aliphatic rings. The van der Waals surface area contributed by atoms with Crippen molar-refractivity contribution < 1.29 is 19.1 Å². The van der Waals surface area contributed by atoms with E-state index in [4.69, 9.17) is 9.47 Å². The van der Waals surface area contributed by atoms with Crippen molar-refractivity contribution >= 4 is 17.4 Å².